The number of hydrogen-bond acceptors (Lipinski definition) is 4. The van der Waals surface area contributed by atoms with Crippen molar-refractivity contribution in [3.05, 3.63) is 131 Å². The molecule has 0 N–H and O–H groups in total. The lowest BCUT2D eigenvalue weighted by Crippen LogP contribution is -2.48. The van der Waals surface area contributed by atoms with Gasteiger partial charge in [-0.3, -0.25) is 9.59 Å². The van der Waals surface area contributed by atoms with Crippen molar-refractivity contribution in [3.63, 3.8) is 0 Å². The molecule has 2 amide bonds. The smallest absolute Gasteiger partial charge is 0.263 e. The minimum atomic E-state index is -0.645. The number of nitrogens with zero attached hydrogens (tertiary/aromatic N) is 2. The van der Waals surface area contributed by atoms with Crippen LogP contribution in [-0.2, 0) is 22.7 Å². The summed E-state index contributed by atoms with van der Waals surface area (Å²) in [5.74, 6) is 1.12. The predicted octanol–water partition coefficient (Wildman–Crippen LogP) is 7.38. The summed E-state index contributed by atoms with van der Waals surface area (Å²) in [6.07, 6.45) is -0.249. The van der Waals surface area contributed by atoms with Crippen LogP contribution in [0.1, 0.15) is 48.9 Å². The van der Waals surface area contributed by atoms with Gasteiger partial charge in [0.2, 0.25) is 0 Å². The molecule has 2 unspecified atom stereocenters. The SMILES string of the molecule is CCC(Oc1ccc(C)cc1)C(=O)N(CCN(Cc1ccccc1)C(=O)C(CC)Oc1ccc(C)cc1)Cc1ccccc1. The Labute approximate surface area is 262 Å². The molecule has 0 aliphatic rings. The molecule has 4 aromatic rings. The average Bonchev–Trinajstić information content (AvgIpc) is 3.05. The van der Waals surface area contributed by atoms with E-state index < -0.39 is 12.2 Å². The molecule has 0 bridgehead atoms. The van der Waals surface area contributed by atoms with Crippen molar-refractivity contribution in [1.82, 2.24) is 9.80 Å². The second kappa shape index (κ2) is 16.3. The number of aryl methyl sites for hydroxylation is 2. The molecule has 0 aromatic heterocycles. The van der Waals surface area contributed by atoms with Gasteiger partial charge in [-0.15, -0.1) is 0 Å². The molecule has 44 heavy (non-hydrogen) atoms. The van der Waals surface area contributed by atoms with Crippen LogP contribution in [0.25, 0.3) is 0 Å². The van der Waals surface area contributed by atoms with Crippen molar-refractivity contribution < 1.29 is 19.1 Å². The minimum absolute atomic E-state index is 0.105. The fourth-order valence-corrected chi connectivity index (χ4v) is 4.97. The Morgan fingerprint density at radius 1 is 0.545 bits per heavy atom. The maximum absolute atomic E-state index is 14.0. The van der Waals surface area contributed by atoms with E-state index in [0.29, 0.717) is 50.5 Å². The average molecular weight is 593 g/mol. The van der Waals surface area contributed by atoms with Gasteiger partial charge in [0.25, 0.3) is 11.8 Å². The molecule has 0 saturated heterocycles. The van der Waals surface area contributed by atoms with Gasteiger partial charge in [-0.2, -0.15) is 0 Å². The molecule has 0 radical (unpaired) electrons. The number of carbonyl (C=O) groups excluding carboxylic acids is 2. The van der Waals surface area contributed by atoms with Crippen molar-refractivity contribution in [2.24, 2.45) is 0 Å². The van der Waals surface area contributed by atoms with Crippen LogP contribution >= 0.6 is 0 Å². The first-order chi connectivity index (χ1) is 21.4. The number of benzene rings is 4. The van der Waals surface area contributed by atoms with E-state index in [4.69, 9.17) is 9.47 Å². The Morgan fingerprint density at radius 3 is 1.20 bits per heavy atom. The van der Waals surface area contributed by atoms with Crippen LogP contribution in [0.15, 0.2) is 109 Å². The lowest BCUT2D eigenvalue weighted by Gasteiger charge is -2.32. The van der Waals surface area contributed by atoms with E-state index in [2.05, 4.69) is 0 Å². The Kier molecular flexibility index (Phi) is 12.0. The van der Waals surface area contributed by atoms with Crippen LogP contribution < -0.4 is 9.47 Å². The highest BCUT2D eigenvalue weighted by atomic mass is 16.5. The van der Waals surface area contributed by atoms with E-state index in [1.165, 1.54) is 0 Å². The zero-order valence-electron chi connectivity index (χ0n) is 26.3. The third kappa shape index (κ3) is 9.46. The molecule has 230 valence electrons. The van der Waals surface area contributed by atoms with Crippen LogP contribution in [0.4, 0.5) is 0 Å². The van der Waals surface area contributed by atoms with E-state index in [1.807, 2.05) is 147 Å². The van der Waals surface area contributed by atoms with E-state index in [-0.39, 0.29) is 11.8 Å². The van der Waals surface area contributed by atoms with Gasteiger partial charge in [-0.25, -0.2) is 0 Å². The first-order valence-electron chi connectivity index (χ1n) is 15.5. The predicted molar refractivity (Wildman–Crippen MR) is 175 cm³/mol. The van der Waals surface area contributed by atoms with Crippen molar-refractivity contribution in [3.8, 4) is 11.5 Å². The standard InChI is InChI=1S/C38H44N2O4/c1-5-35(43-33-21-17-29(3)18-22-33)37(41)39(27-31-13-9-7-10-14-31)25-26-40(28-32-15-11-8-12-16-32)38(42)36(6-2)44-34-23-19-30(4)20-24-34/h7-24,35-36H,5-6,25-28H2,1-4H3. The quantitative estimate of drug-likeness (QED) is 0.145. The highest BCUT2D eigenvalue weighted by Gasteiger charge is 2.29. The lowest BCUT2D eigenvalue weighted by atomic mass is 10.1. The number of hydrogen-bond donors (Lipinski definition) is 0. The monoisotopic (exact) mass is 592 g/mol. The van der Waals surface area contributed by atoms with Gasteiger partial charge >= 0.3 is 0 Å². The van der Waals surface area contributed by atoms with Crippen LogP contribution in [0, 0.1) is 13.8 Å². The molecule has 0 aliphatic heterocycles. The summed E-state index contributed by atoms with van der Waals surface area (Å²) >= 11 is 0. The summed E-state index contributed by atoms with van der Waals surface area (Å²) in [5, 5.41) is 0. The van der Waals surface area contributed by atoms with E-state index in [9.17, 15) is 9.59 Å². The van der Waals surface area contributed by atoms with E-state index in [1.54, 1.807) is 0 Å². The van der Waals surface area contributed by atoms with Crippen molar-refractivity contribution in [1.29, 1.82) is 0 Å². The van der Waals surface area contributed by atoms with Crippen LogP contribution in [0.2, 0.25) is 0 Å². The normalized spacial score (nSPS) is 12.2. The summed E-state index contributed by atoms with van der Waals surface area (Å²) in [5.41, 5.74) is 4.28. The molecular weight excluding hydrogens is 548 g/mol. The van der Waals surface area contributed by atoms with Gasteiger partial charge in [0.15, 0.2) is 12.2 Å². The van der Waals surface area contributed by atoms with Gasteiger partial charge < -0.3 is 19.3 Å². The second-order valence-corrected chi connectivity index (χ2v) is 11.1. The molecule has 4 rings (SSSR count). The summed E-state index contributed by atoms with van der Waals surface area (Å²) in [4.78, 5) is 31.7. The second-order valence-electron chi connectivity index (χ2n) is 11.1. The summed E-state index contributed by atoms with van der Waals surface area (Å²) in [7, 11) is 0. The molecular formula is C38H44N2O4. The largest absolute Gasteiger partial charge is 0.481 e. The molecule has 6 heteroatoms. The van der Waals surface area contributed by atoms with Crippen molar-refractivity contribution in [2.75, 3.05) is 13.1 Å². The summed E-state index contributed by atoms with van der Waals surface area (Å²) < 4.78 is 12.4. The maximum atomic E-state index is 14.0. The first-order valence-corrected chi connectivity index (χ1v) is 15.5. The van der Waals surface area contributed by atoms with Crippen molar-refractivity contribution >= 4 is 11.8 Å². The molecule has 0 fully saturated rings. The molecule has 4 aromatic carbocycles. The summed E-state index contributed by atoms with van der Waals surface area (Å²) in [6, 6.07) is 35.3. The van der Waals surface area contributed by atoms with Gasteiger partial charge in [0.05, 0.1) is 0 Å². The van der Waals surface area contributed by atoms with Crippen LogP contribution in [-0.4, -0.2) is 46.9 Å². The zero-order chi connectivity index (χ0) is 31.3. The summed E-state index contributed by atoms with van der Waals surface area (Å²) in [6.45, 7) is 9.47. The number of rotatable bonds is 15. The Morgan fingerprint density at radius 2 is 0.886 bits per heavy atom. The molecule has 0 spiro atoms. The highest BCUT2D eigenvalue weighted by molar-refractivity contribution is 5.82. The van der Waals surface area contributed by atoms with Crippen molar-refractivity contribution in [2.45, 2.75) is 65.8 Å². The van der Waals surface area contributed by atoms with E-state index >= 15 is 0 Å². The Hall–Kier alpha value is -4.58. The number of amides is 2. The Balaban J connectivity index is 1.56. The molecule has 2 atom stereocenters. The minimum Gasteiger partial charge on any atom is -0.481 e. The third-order valence-corrected chi connectivity index (χ3v) is 7.59. The van der Waals surface area contributed by atoms with Gasteiger partial charge in [0.1, 0.15) is 11.5 Å². The third-order valence-electron chi connectivity index (χ3n) is 7.59. The molecule has 0 heterocycles. The van der Waals surface area contributed by atoms with Crippen LogP contribution in [0.5, 0.6) is 11.5 Å². The topological polar surface area (TPSA) is 59.1 Å². The molecule has 6 nitrogen and oxygen atoms in total. The van der Waals surface area contributed by atoms with E-state index in [0.717, 1.165) is 22.3 Å². The lowest BCUT2D eigenvalue weighted by molar-refractivity contribution is -0.143. The number of carbonyl (C=O) groups is 2. The highest BCUT2D eigenvalue weighted by Crippen LogP contribution is 2.19. The first kappa shape index (κ1) is 32.3. The van der Waals surface area contributed by atoms with Crippen LogP contribution in [0.3, 0.4) is 0 Å². The maximum Gasteiger partial charge on any atom is 0.263 e. The zero-order valence-corrected chi connectivity index (χ0v) is 26.3. The Bertz CT molecular complexity index is 1330. The van der Waals surface area contributed by atoms with Gasteiger partial charge in [-0.1, -0.05) is 110 Å². The van der Waals surface area contributed by atoms with Gasteiger partial charge in [-0.05, 0) is 62.1 Å². The number of ether oxygens (including phenoxy) is 2. The molecule has 0 saturated carbocycles. The van der Waals surface area contributed by atoms with Gasteiger partial charge in [0, 0.05) is 26.2 Å². The fourth-order valence-electron chi connectivity index (χ4n) is 4.97. The fraction of sp³-hybridized carbons (Fsp3) is 0.316. The molecule has 0 aliphatic carbocycles.